The van der Waals surface area contributed by atoms with E-state index in [-0.39, 0.29) is 31.3 Å². The van der Waals surface area contributed by atoms with Crippen molar-refractivity contribution in [1.29, 1.82) is 0 Å². The Morgan fingerprint density at radius 3 is 2.53 bits per heavy atom. The fraction of sp³-hybridized carbons (Fsp3) is 0.455. The highest BCUT2D eigenvalue weighted by atomic mass is 35.5. The normalized spacial score (nSPS) is 17.9. The first-order valence-corrected chi connectivity index (χ1v) is 16.6. The molecule has 14 heteroatoms. The topological polar surface area (TPSA) is 167 Å². The lowest BCUT2D eigenvalue weighted by atomic mass is 9.78. The molecule has 0 aliphatic heterocycles. The van der Waals surface area contributed by atoms with E-state index in [0.29, 0.717) is 40.6 Å². The maximum Gasteiger partial charge on any atom is 0.408 e. The standard InChI is InChI=1S/C33H40Cl2N8O4/c1-5-19(4)27(38-32(46)47-17-20-9-7-6-8-10-20)30(44)39-33(31(45)37-26(13-18(2)3)29-40-42-43-41-29)12-11-25-23(16-33)22-14-21(34)15-24(35)28(22)36-25/h6-10,14-15,18-19,26-27,36H,5,11-13,16-17H2,1-4H3,(H,37,45)(H,38,46)(H,39,44)(H,40,41,42,43)/t19?,26-,27?,33+/m0/s1. The smallest absolute Gasteiger partial charge is 0.408 e. The summed E-state index contributed by atoms with van der Waals surface area (Å²) in [5.41, 5.74) is 1.90. The van der Waals surface area contributed by atoms with Crippen LogP contribution in [0.4, 0.5) is 4.79 Å². The minimum absolute atomic E-state index is 0.0516. The van der Waals surface area contributed by atoms with Crippen LogP contribution in [0.1, 0.15) is 75.6 Å². The molecule has 5 rings (SSSR count). The number of alkyl carbamates (subject to hydrolysis) is 1. The van der Waals surface area contributed by atoms with Gasteiger partial charge in [-0.3, -0.25) is 9.59 Å². The van der Waals surface area contributed by atoms with Gasteiger partial charge in [-0.1, -0.05) is 87.6 Å². The van der Waals surface area contributed by atoms with Crippen molar-refractivity contribution in [2.75, 3.05) is 0 Å². The van der Waals surface area contributed by atoms with Gasteiger partial charge in [-0.05, 0) is 64.8 Å². The number of aromatic nitrogens is 5. The molecule has 4 atom stereocenters. The summed E-state index contributed by atoms with van der Waals surface area (Å²) in [6, 6.07) is 11.2. The zero-order chi connectivity index (χ0) is 33.7. The van der Waals surface area contributed by atoms with E-state index in [0.717, 1.165) is 22.2 Å². The Morgan fingerprint density at radius 1 is 1.09 bits per heavy atom. The second-order valence-electron chi connectivity index (χ2n) is 12.7. The Balaban J connectivity index is 1.46. The van der Waals surface area contributed by atoms with Crippen LogP contribution in [-0.2, 0) is 33.8 Å². The summed E-state index contributed by atoms with van der Waals surface area (Å²) < 4.78 is 5.44. The molecule has 1 aliphatic carbocycles. The quantitative estimate of drug-likeness (QED) is 0.130. The lowest BCUT2D eigenvalue weighted by Crippen LogP contribution is -2.65. The van der Waals surface area contributed by atoms with Gasteiger partial charge in [0.1, 0.15) is 18.2 Å². The number of tetrazole rings is 1. The van der Waals surface area contributed by atoms with Crippen LogP contribution in [0.25, 0.3) is 10.9 Å². The number of benzene rings is 2. The van der Waals surface area contributed by atoms with Crippen LogP contribution in [-0.4, -0.2) is 55.1 Å². The number of rotatable bonds is 12. The molecule has 3 amide bonds. The number of halogens is 2. The third-order valence-corrected chi connectivity index (χ3v) is 9.30. The minimum atomic E-state index is -1.39. The summed E-state index contributed by atoms with van der Waals surface area (Å²) in [5.74, 6) is -0.537. The van der Waals surface area contributed by atoms with Crippen LogP contribution in [0.5, 0.6) is 0 Å². The molecular weight excluding hydrogens is 643 g/mol. The number of nitrogens with zero attached hydrogens (tertiary/aromatic N) is 3. The van der Waals surface area contributed by atoms with Crippen LogP contribution in [0, 0.1) is 11.8 Å². The van der Waals surface area contributed by atoms with E-state index in [2.05, 4.69) is 41.6 Å². The van der Waals surface area contributed by atoms with E-state index in [1.54, 1.807) is 6.07 Å². The van der Waals surface area contributed by atoms with Gasteiger partial charge in [-0.25, -0.2) is 9.89 Å². The fourth-order valence-corrected chi connectivity index (χ4v) is 6.60. The Bertz CT molecular complexity index is 1710. The SMILES string of the molecule is CCC(C)C(NC(=O)OCc1ccccc1)C(=O)N[C@]1(C(=O)N[C@@H](CC(C)C)c2nnn[nH]2)CCc2[nH]c3c(Cl)cc(Cl)cc3c2C1. The van der Waals surface area contributed by atoms with Crippen molar-refractivity contribution in [3.05, 3.63) is 75.2 Å². The lowest BCUT2D eigenvalue weighted by Gasteiger charge is -2.39. The molecule has 2 aromatic heterocycles. The van der Waals surface area contributed by atoms with E-state index in [1.807, 2.05) is 64.1 Å². The fourth-order valence-electron chi connectivity index (χ4n) is 6.06. The number of nitrogens with one attached hydrogen (secondary N) is 5. The molecule has 2 aromatic carbocycles. The summed E-state index contributed by atoms with van der Waals surface area (Å²) in [6.07, 6.45) is 1.31. The molecule has 0 saturated carbocycles. The van der Waals surface area contributed by atoms with Crippen LogP contribution < -0.4 is 16.0 Å². The first-order chi connectivity index (χ1) is 22.5. The van der Waals surface area contributed by atoms with Crippen LogP contribution in [0.3, 0.4) is 0 Å². The second kappa shape index (κ2) is 14.7. The van der Waals surface area contributed by atoms with Gasteiger partial charge < -0.3 is 25.7 Å². The summed E-state index contributed by atoms with van der Waals surface area (Å²) >= 11 is 12.9. The molecule has 2 unspecified atom stereocenters. The van der Waals surface area contributed by atoms with E-state index in [1.165, 1.54) is 0 Å². The Hall–Kier alpha value is -4.16. The number of fused-ring (bicyclic) bond motifs is 3. The van der Waals surface area contributed by atoms with E-state index in [9.17, 15) is 14.4 Å². The number of aryl methyl sites for hydroxylation is 1. The average molecular weight is 684 g/mol. The number of H-pyrrole nitrogens is 2. The number of hydrogen-bond donors (Lipinski definition) is 5. The van der Waals surface area contributed by atoms with Gasteiger partial charge in [0.05, 0.1) is 16.6 Å². The molecule has 0 fully saturated rings. The van der Waals surface area contributed by atoms with Gasteiger partial charge in [-0.2, -0.15) is 0 Å². The number of amides is 3. The Morgan fingerprint density at radius 2 is 1.85 bits per heavy atom. The minimum Gasteiger partial charge on any atom is -0.445 e. The van der Waals surface area contributed by atoms with Crippen LogP contribution in [0.2, 0.25) is 10.0 Å². The molecule has 0 radical (unpaired) electrons. The molecule has 1 aliphatic rings. The molecular formula is C33H40Cl2N8O4. The molecule has 12 nitrogen and oxygen atoms in total. The predicted molar refractivity (Wildman–Crippen MR) is 179 cm³/mol. The van der Waals surface area contributed by atoms with Crippen molar-refractivity contribution >= 4 is 52.0 Å². The van der Waals surface area contributed by atoms with E-state index in [4.69, 9.17) is 27.9 Å². The lowest BCUT2D eigenvalue weighted by molar-refractivity contribution is -0.136. The highest BCUT2D eigenvalue weighted by molar-refractivity contribution is 6.38. The van der Waals surface area contributed by atoms with E-state index < -0.39 is 35.5 Å². The molecule has 0 spiro atoms. The largest absolute Gasteiger partial charge is 0.445 e. The first-order valence-electron chi connectivity index (χ1n) is 15.8. The van der Waals surface area contributed by atoms with Crippen molar-refractivity contribution in [3.8, 4) is 0 Å². The summed E-state index contributed by atoms with van der Waals surface area (Å²) in [7, 11) is 0. The summed E-state index contributed by atoms with van der Waals surface area (Å²) in [6.45, 7) is 7.92. The molecule has 47 heavy (non-hydrogen) atoms. The van der Waals surface area contributed by atoms with Gasteiger partial charge in [0.2, 0.25) is 11.8 Å². The third kappa shape index (κ3) is 7.87. The number of ether oxygens (including phenoxy) is 1. The van der Waals surface area contributed by atoms with E-state index >= 15 is 0 Å². The van der Waals surface area contributed by atoms with Crippen molar-refractivity contribution in [2.45, 2.75) is 84.0 Å². The first kappa shape index (κ1) is 34.2. The van der Waals surface area contributed by atoms with Crippen LogP contribution in [0.15, 0.2) is 42.5 Å². The number of hydrogen-bond acceptors (Lipinski definition) is 7. The Kier molecular flexibility index (Phi) is 10.7. The molecule has 250 valence electrons. The summed E-state index contributed by atoms with van der Waals surface area (Å²) in [4.78, 5) is 45.0. The van der Waals surface area contributed by atoms with Gasteiger partial charge in [-0.15, -0.1) is 5.10 Å². The molecule has 0 bridgehead atoms. The molecule has 4 aromatic rings. The number of carbonyl (C=O) groups excluding carboxylic acids is 3. The number of aromatic amines is 2. The zero-order valence-corrected chi connectivity index (χ0v) is 28.3. The van der Waals surface area contributed by atoms with Crippen molar-refractivity contribution < 1.29 is 19.1 Å². The summed E-state index contributed by atoms with van der Waals surface area (Å²) in [5, 5.41) is 24.9. The van der Waals surface area contributed by atoms with Gasteiger partial charge >= 0.3 is 6.09 Å². The van der Waals surface area contributed by atoms with Gasteiger partial charge in [0.15, 0.2) is 5.82 Å². The van der Waals surface area contributed by atoms with Gasteiger partial charge in [0.25, 0.3) is 0 Å². The van der Waals surface area contributed by atoms with Crippen LogP contribution >= 0.6 is 23.2 Å². The van der Waals surface area contributed by atoms with Crippen molar-refractivity contribution in [2.24, 2.45) is 11.8 Å². The molecule has 0 saturated heterocycles. The number of carbonyl (C=O) groups is 3. The average Bonchev–Trinajstić information content (AvgIpc) is 3.71. The van der Waals surface area contributed by atoms with Crippen molar-refractivity contribution in [1.82, 2.24) is 41.6 Å². The molecule has 2 heterocycles. The highest BCUT2D eigenvalue weighted by Gasteiger charge is 2.46. The highest BCUT2D eigenvalue weighted by Crippen LogP contribution is 2.38. The zero-order valence-electron chi connectivity index (χ0n) is 26.8. The van der Waals surface area contributed by atoms with Gasteiger partial charge in [0, 0.05) is 22.5 Å². The third-order valence-electron chi connectivity index (χ3n) is 8.78. The monoisotopic (exact) mass is 682 g/mol. The molecule has 5 N–H and O–H groups in total. The Labute approximate surface area is 283 Å². The second-order valence-corrected chi connectivity index (χ2v) is 13.5. The maximum atomic E-state index is 14.5. The predicted octanol–water partition coefficient (Wildman–Crippen LogP) is 5.58. The van der Waals surface area contributed by atoms with Crippen molar-refractivity contribution in [3.63, 3.8) is 0 Å². The maximum absolute atomic E-state index is 14.5.